The fourth-order valence-electron chi connectivity index (χ4n) is 4.44. The number of anilines is 2. The van der Waals surface area contributed by atoms with Crippen molar-refractivity contribution < 1.29 is 13.2 Å². The maximum Gasteiger partial charge on any atom is 0.303 e. The Bertz CT molecular complexity index is 1560. The van der Waals surface area contributed by atoms with Crippen molar-refractivity contribution >= 4 is 38.3 Å². The summed E-state index contributed by atoms with van der Waals surface area (Å²) in [5.74, 6) is -0.254. The molecule has 1 aromatic heterocycles. The molecule has 2 heterocycles. The molecule has 0 atom stereocenters. The summed E-state index contributed by atoms with van der Waals surface area (Å²) in [6.07, 6.45) is 1.80. The van der Waals surface area contributed by atoms with Gasteiger partial charge in [0.1, 0.15) is 0 Å². The SMILES string of the molecule is Cc1cc(N2CCN(C)S2(=O)=O)ccc1C(=O)Nc1ccc(C)c(-c2nccc3ccccc23)c1. The Kier molecular flexibility index (Phi) is 5.78. The van der Waals surface area contributed by atoms with Crippen molar-refractivity contribution in [3.8, 4) is 11.3 Å². The Hall–Kier alpha value is -3.75. The van der Waals surface area contributed by atoms with E-state index in [1.165, 1.54) is 8.61 Å². The van der Waals surface area contributed by atoms with Gasteiger partial charge < -0.3 is 5.32 Å². The topological polar surface area (TPSA) is 82.6 Å². The summed E-state index contributed by atoms with van der Waals surface area (Å²) < 4.78 is 27.7. The molecule has 1 N–H and O–H groups in total. The van der Waals surface area contributed by atoms with Gasteiger partial charge in [0.15, 0.2) is 0 Å². The van der Waals surface area contributed by atoms with Crippen molar-refractivity contribution in [2.45, 2.75) is 13.8 Å². The first-order valence-electron chi connectivity index (χ1n) is 11.4. The van der Waals surface area contributed by atoms with Crippen LogP contribution in [0.1, 0.15) is 21.5 Å². The number of fused-ring (bicyclic) bond motifs is 1. The van der Waals surface area contributed by atoms with Gasteiger partial charge in [-0.15, -0.1) is 0 Å². The van der Waals surface area contributed by atoms with Crippen LogP contribution < -0.4 is 9.62 Å². The number of aromatic nitrogens is 1. The van der Waals surface area contributed by atoms with Gasteiger partial charge in [-0.1, -0.05) is 30.3 Å². The van der Waals surface area contributed by atoms with Crippen molar-refractivity contribution in [3.63, 3.8) is 0 Å². The normalized spacial score (nSPS) is 15.5. The second-order valence-corrected chi connectivity index (χ2v) is 10.7. The molecule has 3 aromatic carbocycles. The second kappa shape index (κ2) is 8.79. The van der Waals surface area contributed by atoms with Gasteiger partial charge in [0.25, 0.3) is 5.91 Å². The Morgan fingerprint density at radius 3 is 2.49 bits per heavy atom. The van der Waals surface area contributed by atoms with E-state index in [4.69, 9.17) is 0 Å². The number of hydrogen-bond donors (Lipinski definition) is 1. The molecule has 0 bridgehead atoms. The molecule has 0 aliphatic carbocycles. The van der Waals surface area contributed by atoms with Crippen molar-refractivity contribution in [2.75, 3.05) is 29.8 Å². The number of benzene rings is 3. The van der Waals surface area contributed by atoms with E-state index in [-0.39, 0.29) is 5.91 Å². The third-order valence-electron chi connectivity index (χ3n) is 6.46. The van der Waals surface area contributed by atoms with Crippen LogP contribution in [0.15, 0.2) is 72.9 Å². The highest BCUT2D eigenvalue weighted by molar-refractivity contribution is 7.90. The minimum atomic E-state index is -3.51. The zero-order chi connectivity index (χ0) is 24.7. The van der Waals surface area contributed by atoms with E-state index < -0.39 is 10.2 Å². The van der Waals surface area contributed by atoms with Crippen LogP contribution in [0.4, 0.5) is 11.4 Å². The first-order valence-corrected chi connectivity index (χ1v) is 12.8. The zero-order valence-electron chi connectivity index (χ0n) is 19.8. The molecule has 7 nitrogen and oxygen atoms in total. The monoisotopic (exact) mass is 486 g/mol. The number of aryl methyl sites for hydroxylation is 2. The van der Waals surface area contributed by atoms with E-state index in [2.05, 4.69) is 16.4 Å². The summed E-state index contributed by atoms with van der Waals surface area (Å²) in [6.45, 7) is 4.66. The summed E-state index contributed by atoms with van der Waals surface area (Å²) in [4.78, 5) is 17.8. The Morgan fingerprint density at radius 1 is 0.943 bits per heavy atom. The molecule has 0 saturated carbocycles. The number of likely N-dealkylation sites (N-methyl/N-ethyl adjacent to an activating group) is 1. The number of pyridine rings is 1. The highest BCUT2D eigenvalue weighted by Crippen LogP contribution is 2.31. The molecule has 8 heteroatoms. The fourth-order valence-corrected chi connectivity index (χ4v) is 5.78. The van der Waals surface area contributed by atoms with Crippen molar-refractivity contribution in [2.24, 2.45) is 0 Å². The van der Waals surface area contributed by atoms with Crippen LogP contribution in [0.3, 0.4) is 0 Å². The molecule has 178 valence electrons. The molecule has 0 radical (unpaired) electrons. The number of rotatable bonds is 4. The lowest BCUT2D eigenvalue weighted by Gasteiger charge is -2.19. The smallest absolute Gasteiger partial charge is 0.303 e. The molecule has 1 aliphatic heterocycles. The number of nitrogens with zero attached hydrogens (tertiary/aromatic N) is 3. The molecule has 0 unspecified atom stereocenters. The van der Waals surface area contributed by atoms with Gasteiger partial charge in [-0.25, -0.2) is 0 Å². The Labute approximate surface area is 205 Å². The van der Waals surface area contributed by atoms with Gasteiger partial charge in [-0.2, -0.15) is 12.7 Å². The van der Waals surface area contributed by atoms with Gasteiger partial charge in [0, 0.05) is 48.5 Å². The largest absolute Gasteiger partial charge is 0.322 e. The van der Waals surface area contributed by atoms with Crippen LogP contribution in [0, 0.1) is 13.8 Å². The molecule has 0 spiro atoms. The van der Waals surface area contributed by atoms with E-state index >= 15 is 0 Å². The highest BCUT2D eigenvalue weighted by Gasteiger charge is 2.34. The molecule has 4 aromatic rings. The second-order valence-electron chi connectivity index (χ2n) is 8.77. The molecule has 1 amide bonds. The highest BCUT2D eigenvalue weighted by atomic mass is 32.2. The summed E-state index contributed by atoms with van der Waals surface area (Å²) in [5, 5.41) is 5.15. The molecule has 5 rings (SSSR count). The zero-order valence-corrected chi connectivity index (χ0v) is 20.6. The predicted molar refractivity (Wildman–Crippen MR) is 140 cm³/mol. The third kappa shape index (κ3) is 4.15. The van der Waals surface area contributed by atoms with Crippen LogP contribution in [0.5, 0.6) is 0 Å². The molecule has 1 saturated heterocycles. The molecular weight excluding hydrogens is 460 g/mol. The van der Waals surface area contributed by atoms with Gasteiger partial charge in [0.2, 0.25) is 0 Å². The number of hydrogen-bond acceptors (Lipinski definition) is 4. The quantitative estimate of drug-likeness (QED) is 0.451. The van der Waals surface area contributed by atoms with E-state index in [1.54, 1.807) is 31.4 Å². The van der Waals surface area contributed by atoms with Crippen molar-refractivity contribution in [3.05, 3.63) is 89.6 Å². The number of amides is 1. The van der Waals surface area contributed by atoms with Crippen LogP contribution in [-0.4, -0.2) is 43.8 Å². The van der Waals surface area contributed by atoms with Crippen LogP contribution >= 0.6 is 0 Å². The maximum atomic E-state index is 13.1. The van der Waals surface area contributed by atoms with Crippen LogP contribution in [-0.2, 0) is 10.2 Å². The summed E-state index contributed by atoms with van der Waals surface area (Å²) in [6, 6.07) is 21.0. The third-order valence-corrected chi connectivity index (χ3v) is 8.38. The summed E-state index contributed by atoms with van der Waals surface area (Å²) >= 11 is 0. The molecule has 1 fully saturated rings. The van der Waals surface area contributed by atoms with Gasteiger partial charge in [-0.05, 0) is 66.8 Å². The van der Waals surface area contributed by atoms with E-state index in [9.17, 15) is 13.2 Å². The first-order chi connectivity index (χ1) is 16.8. The Balaban J connectivity index is 1.43. The van der Waals surface area contributed by atoms with Crippen LogP contribution in [0.25, 0.3) is 22.0 Å². The lowest BCUT2D eigenvalue weighted by atomic mass is 9.99. The summed E-state index contributed by atoms with van der Waals surface area (Å²) in [5.41, 5.74) is 5.30. The van der Waals surface area contributed by atoms with Gasteiger partial charge in [-0.3, -0.25) is 14.1 Å². The molecule has 35 heavy (non-hydrogen) atoms. The predicted octanol–water partition coefficient (Wildman–Crippen LogP) is 4.77. The number of carbonyl (C=O) groups excluding carboxylic acids is 1. The maximum absolute atomic E-state index is 13.1. The van der Waals surface area contributed by atoms with E-state index in [1.807, 2.05) is 56.3 Å². The minimum Gasteiger partial charge on any atom is -0.322 e. The van der Waals surface area contributed by atoms with Gasteiger partial charge in [0.05, 0.1) is 11.4 Å². The number of nitrogens with one attached hydrogen (secondary N) is 1. The van der Waals surface area contributed by atoms with E-state index in [0.717, 1.165) is 27.6 Å². The van der Waals surface area contributed by atoms with Gasteiger partial charge >= 0.3 is 10.2 Å². The van der Waals surface area contributed by atoms with Crippen LogP contribution in [0.2, 0.25) is 0 Å². The molecule has 1 aliphatic rings. The standard InChI is InChI=1S/C27H26N4O3S/c1-18-8-9-21(17-25(18)26-24-7-5-4-6-20(24)12-13-28-26)29-27(32)23-11-10-22(16-19(23)2)31-15-14-30(3)35(31,33)34/h4-13,16-17H,14-15H2,1-3H3,(H,29,32). The summed E-state index contributed by atoms with van der Waals surface area (Å²) in [7, 11) is -1.94. The first kappa shape index (κ1) is 23.0. The average Bonchev–Trinajstić information content (AvgIpc) is 3.11. The lowest BCUT2D eigenvalue weighted by molar-refractivity contribution is 0.102. The van der Waals surface area contributed by atoms with E-state index in [0.29, 0.717) is 35.6 Å². The Morgan fingerprint density at radius 2 is 1.74 bits per heavy atom. The minimum absolute atomic E-state index is 0.254. The lowest BCUT2D eigenvalue weighted by Crippen LogP contribution is -2.30. The van der Waals surface area contributed by atoms with Crippen molar-refractivity contribution in [1.82, 2.24) is 9.29 Å². The van der Waals surface area contributed by atoms with Crippen molar-refractivity contribution in [1.29, 1.82) is 0 Å². The number of carbonyl (C=O) groups is 1. The fraction of sp³-hybridized carbons (Fsp3) is 0.185. The average molecular weight is 487 g/mol. The molecular formula is C27H26N4O3S.